The highest BCUT2D eigenvalue weighted by molar-refractivity contribution is 5.96. The molecule has 3 rings (SSSR count). The lowest BCUT2D eigenvalue weighted by Gasteiger charge is -2.12. The van der Waals surface area contributed by atoms with Crippen LogP contribution >= 0.6 is 0 Å². The smallest absolute Gasteiger partial charge is 0.404 e. The molecule has 6 heteroatoms. The normalized spacial score (nSPS) is 10.5. The maximum atomic E-state index is 10.6. The zero-order valence-electron chi connectivity index (χ0n) is 13.0. The molecule has 3 aromatic rings. The Hall–Kier alpha value is -3.28. The van der Waals surface area contributed by atoms with Crippen LogP contribution in [0.4, 0.5) is 16.2 Å². The van der Waals surface area contributed by atoms with Gasteiger partial charge in [0, 0.05) is 11.9 Å². The van der Waals surface area contributed by atoms with Crippen LogP contribution < -0.4 is 16.8 Å². The Kier molecular flexibility index (Phi) is 4.47. The van der Waals surface area contributed by atoms with E-state index in [1.165, 1.54) is 0 Å². The van der Waals surface area contributed by atoms with E-state index in [-0.39, 0.29) is 6.61 Å². The van der Waals surface area contributed by atoms with Gasteiger partial charge in [-0.3, -0.25) is 4.98 Å². The number of fused-ring (bicyclic) bond motifs is 1. The molecule has 24 heavy (non-hydrogen) atoms. The zero-order chi connectivity index (χ0) is 16.9. The third-order valence-corrected chi connectivity index (χ3v) is 3.68. The van der Waals surface area contributed by atoms with E-state index >= 15 is 0 Å². The molecule has 0 spiro atoms. The van der Waals surface area contributed by atoms with E-state index in [9.17, 15) is 4.79 Å². The SMILES string of the molecule is NC(=O)OCc1ccc(CNc2c(N)cnc3ccccc23)cc1. The standard InChI is InChI=1S/C18H18N4O2/c19-15-10-21-16-4-2-1-3-14(16)17(15)22-9-12-5-7-13(8-6-12)11-24-18(20)23/h1-8,10H,9,11,19H2,(H2,20,23)(H,21,22). The van der Waals surface area contributed by atoms with Gasteiger partial charge in [0.15, 0.2) is 0 Å². The largest absolute Gasteiger partial charge is 0.445 e. The molecular weight excluding hydrogens is 304 g/mol. The van der Waals surface area contributed by atoms with Gasteiger partial charge in [0.1, 0.15) is 6.61 Å². The van der Waals surface area contributed by atoms with Crippen LogP contribution in [-0.4, -0.2) is 11.1 Å². The van der Waals surface area contributed by atoms with Gasteiger partial charge in [-0.1, -0.05) is 42.5 Å². The Labute approximate surface area is 139 Å². The van der Waals surface area contributed by atoms with Crippen molar-refractivity contribution in [2.75, 3.05) is 11.1 Å². The van der Waals surface area contributed by atoms with E-state index in [2.05, 4.69) is 10.3 Å². The Balaban J connectivity index is 1.72. The summed E-state index contributed by atoms with van der Waals surface area (Å²) in [5, 5.41) is 4.36. The molecule has 5 N–H and O–H groups in total. The second-order valence-electron chi connectivity index (χ2n) is 5.38. The van der Waals surface area contributed by atoms with Crippen LogP contribution in [0.15, 0.2) is 54.7 Å². The summed E-state index contributed by atoms with van der Waals surface area (Å²) in [6.45, 7) is 0.792. The Bertz CT molecular complexity index is 863. The molecule has 1 aromatic heterocycles. The molecule has 0 atom stereocenters. The van der Waals surface area contributed by atoms with Gasteiger partial charge in [-0.15, -0.1) is 0 Å². The van der Waals surface area contributed by atoms with E-state index in [0.717, 1.165) is 27.7 Å². The van der Waals surface area contributed by atoms with Crippen molar-refractivity contribution < 1.29 is 9.53 Å². The van der Waals surface area contributed by atoms with Crippen molar-refractivity contribution in [1.29, 1.82) is 0 Å². The Morgan fingerprint density at radius 1 is 1.08 bits per heavy atom. The molecule has 1 amide bonds. The molecule has 0 aliphatic rings. The molecule has 1 heterocycles. The quantitative estimate of drug-likeness (QED) is 0.670. The third kappa shape index (κ3) is 3.55. The van der Waals surface area contributed by atoms with Gasteiger partial charge >= 0.3 is 6.09 Å². The summed E-state index contributed by atoms with van der Waals surface area (Å²) >= 11 is 0. The van der Waals surface area contributed by atoms with Gasteiger partial charge in [-0.2, -0.15) is 0 Å². The number of carbonyl (C=O) groups is 1. The van der Waals surface area contributed by atoms with Crippen LogP contribution in [0, 0.1) is 0 Å². The molecule has 0 saturated heterocycles. The molecular formula is C18H18N4O2. The number of amides is 1. The van der Waals surface area contributed by atoms with E-state index in [0.29, 0.717) is 12.2 Å². The second kappa shape index (κ2) is 6.87. The molecule has 0 fully saturated rings. The number of nitrogen functional groups attached to an aromatic ring is 1. The minimum absolute atomic E-state index is 0.172. The van der Waals surface area contributed by atoms with E-state index < -0.39 is 6.09 Å². The molecule has 6 nitrogen and oxygen atoms in total. The molecule has 0 radical (unpaired) electrons. The van der Waals surface area contributed by atoms with Gasteiger partial charge in [0.05, 0.1) is 23.1 Å². The van der Waals surface area contributed by atoms with Gasteiger partial charge < -0.3 is 21.5 Å². The number of pyridine rings is 1. The summed E-state index contributed by atoms with van der Waals surface area (Å²) in [7, 11) is 0. The molecule has 0 bridgehead atoms. The van der Waals surface area contributed by atoms with Gasteiger partial charge in [-0.05, 0) is 17.2 Å². The number of hydrogen-bond acceptors (Lipinski definition) is 5. The number of nitrogens with zero attached hydrogens (tertiary/aromatic N) is 1. The third-order valence-electron chi connectivity index (χ3n) is 3.68. The number of anilines is 2. The zero-order valence-corrected chi connectivity index (χ0v) is 13.0. The van der Waals surface area contributed by atoms with Crippen LogP contribution in [-0.2, 0) is 17.9 Å². The highest BCUT2D eigenvalue weighted by Gasteiger charge is 2.06. The fourth-order valence-electron chi connectivity index (χ4n) is 2.45. The van der Waals surface area contributed by atoms with Crippen molar-refractivity contribution in [3.63, 3.8) is 0 Å². The number of ether oxygens (including phenoxy) is 1. The van der Waals surface area contributed by atoms with Crippen LogP contribution in [0.5, 0.6) is 0 Å². The van der Waals surface area contributed by atoms with Crippen molar-refractivity contribution in [3.8, 4) is 0 Å². The lowest BCUT2D eigenvalue weighted by molar-refractivity contribution is 0.150. The van der Waals surface area contributed by atoms with Crippen LogP contribution in [0.3, 0.4) is 0 Å². The number of para-hydroxylation sites is 1. The molecule has 0 unspecified atom stereocenters. The lowest BCUT2D eigenvalue weighted by Crippen LogP contribution is -2.12. The lowest BCUT2D eigenvalue weighted by atomic mass is 10.1. The average Bonchev–Trinajstić information content (AvgIpc) is 2.60. The predicted molar refractivity (Wildman–Crippen MR) is 94.3 cm³/mol. The number of carbonyl (C=O) groups excluding carboxylic acids is 1. The van der Waals surface area contributed by atoms with E-state index in [1.54, 1.807) is 6.20 Å². The summed E-state index contributed by atoms with van der Waals surface area (Å²) in [5.74, 6) is 0. The maximum absolute atomic E-state index is 10.6. The summed E-state index contributed by atoms with van der Waals surface area (Å²) in [5.41, 5.74) is 15.4. The number of rotatable bonds is 5. The number of hydrogen-bond donors (Lipinski definition) is 3. The summed E-state index contributed by atoms with van der Waals surface area (Å²) < 4.78 is 4.76. The van der Waals surface area contributed by atoms with Crippen molar-refractivity contribution in [1.82, 2.24) is 4.98 Å². The van der Waals surface area contributed by atoms with Crippen molar-refractivity contribution >= 4 is 28.4 Å². The Morgan fingerprint density at radius 2 is 1.79 bits per heavy atom. The molecule has 2 aromatic carbocycles. The first kappa shape index (κ1) is 15.6. The average molecular weight is 322 g/mol. The van der Waals surface area contributed by atoms with Gasteiger partial charge in [0.2, 0.25) is 0 Å². The first-order valence-corrected chi connectivity index (χ1v) is 7.50. The minimum atomic E-state index is -0.777. The number of nitrogens with two attached hydrogens (primary N) is 2. The maximum Gasteiger partial charge on any atom is 0.404 e. The summed E-state index contributed by atoms with van der Waals surface area (Å²) in [6, 6.07) is 15.6. The first-order chi connectivity index (χ1) is 11.6. The molecule has 0 aliphatic heterocycles. The molecule has 0 aliphatic carbocycles. The molecule has 122 valence electrons. The topological polar surface area (TPSA) is 103 Å². The van der Waals surface area contributed by atoms with E-state index in [4.69, 9.17) is 16.2 Å². The summed E-state index contributed by atoms with van der Waals surface area (Å²) in [4.78, 5) is 14.9. The number of nitrogens with one attached hydrogen (secondary N) is 1. The molecule has 0 saturated carbocycles. The summed E-state index contributed by atoms with van der Waals surface area (Å²) in [6.07, 6.45) is 0.885. The Morgan fingerprint density at radius 3 is 2.54 bits per heavy atom. The number of primary amides is 1. The van der Waals surface area contributed by atoms with Crippen LogP contribution in [0.25, 0.3) is 10.9 Å². The monoisotopic (exact) mass is 322 g/mol. The fourth-order valence-corrected chi connectivity index (χ4v) is 2.45. The van der Waals surface area contributed by atoms with Crippen LogP contribution in [0.2, 0.25) is 0 Å². The van der Waals surface area contributed by atoms with Crippen molar-refractivity contribution in [3.05, 3.63) is 65.9 Å². The first-order valence-electron chi connectivity index (χ1n) is 7.50. The number of aromatic nitrogens is 1. The predicted octanol–water partition coefficient (Wildman–Crippen LogP) is 3.02. The minimum Gasteiger partial charge on any atom is -0.445 e. The fraction of sp³-hybridized carbons (Fsp3) is 0.111. The van der Waals surface area contributed by atoms with Gasteiger partial charge in [-0.25, -0.2) is 4.79 Å². The van der Waals surface area contributed by atoms with Crippen molar-refractivity contribution in [2.24, 2.45) is 5.73 Å². The van der Waals surface area contributed by atoms with E-state index in [1.807, 2.05) is 48.5 Å². The second-order valence-corrected chi connectivity index (χ2v) is 5.38. The van der Waals surface area contributed by atoms with Gasteiger partial charge in [0.25, 0.3) is 0 Å². The highest BCUT2D eigenvalue weighted by Crippen LogP contribution is 2.27. The highest BCUT2D eigenvalue weighted by atomic mass is 16.5. The van der Waals surface area contributed by atoms with Crippen LogP contribution in [0.1, 0.15) is 11.1 Å². The van der Waals surface area contributed by atoms with Crippen molar-refractivity contribution in [2.45, 2.75) is 13.2 Å². The number of benzene rings is 2.